The molecule has 1 amide bonds. The highest BCUT2D eigenvalue weighted by atomic mass is 35.5. The predicted octanol–water partition coefficient (Wildman–Crippen LogP) is 3.51. The number of nitrogens with zero attached hydrogens (tertiary/aromatic N) is 7. The zero-order chi connectivity index (χ0) is 23.9. The van der Waals surface area contributed by atoms with Gasteiger partial charge in [-0.2, -0.15) is 25.4 Å². The number of nitrogens with one attached hydrogen (secondary N) is 2. The van der Waals surface area contributed by atoms with Crippen LogP contribution in [0.15, 0.2) is 24.0 Å². The lowest BCUT2D eigenvalue weighted by Gasteiger charge is -2.32. The van der Waals surface area contributed by atoms with E-state index in [0.29, 0.717) is 47.9 Å². The number of hydrogen-bond donors (Lipinski definition) is 2. The number of rotatable bonds is 7. The molecule has 4 heterocycles. The molecule has 35 heavy (non-hydrogen) atoms. The third-order valence-corrected chi connectivity index (χ3v) is 6.71. The summed E-state index contributed by atoms with van der Waals surface area (Å²) in [5.74, 6) is 0.718. The molecule has 2 N–H and O–H groups in total. The molecule has 0 bridgehead atoms. The van der Waals surface area contributed by atoms with E-state index < -0.39 is 0 Å². The van der Waals surface area contributed by atoms with E-state index >= 15 is 0 Å². The van der Waals surface area contributed by atoms with Crippen LogP contribution in [0.4, 0.5) is 11.6 Å². The molecule has 1 atom stereocenters. The van der Waals surface area contributed by atoms with Crippen LogP contribution in [0.1, 0.15) is 44.6 Å². The molecule has 180 valence electrons. The van der Waals surface area contributed by atoms with Gasteiger partial charge >= 0.3 is 0 Å². The molecule has 0 aromatic carbocycles. The molecule has 2 saturated carbocycles. The molecule has 1 saturated heterocycles. The van der Waals surface area contributed by atoms with Crippen LogP contribution in [0.3, 0.4) is 0 Å². The maximum absolute atomic E-state index is 12.9. The van der Waals surface area contributed by atoms with Crippen LogP contribution in [-0.2, 0) is 4.79 Å². The van der Waals surface area contributed by atoms with Crippen molar-refractivity contribution in [2.75, 3.05) is 18.4 Å². The van der Waals surface area contributed by atoms with Gasteiger partial charge < -0.3 is 15.0 Å². The van der Waals surface area contributed by atoms with Crippen molar-refractivity contribution in [3.63, 3.8) is 0 Å². The van der Waals surface area contributed by atoms with Gasteiger partial charge in [0, 0.05) is 12.7 Å². The number of piperidine rings is 1. The first-order valence-electron chi connectivity index (χ1n) is 11.9. The minimum Gasteiger partial charge on any atom is -0.472 e. The summed E-state index contributed by atoms with van der Waals surface area (Å²) in [6.07, 6.45) is 11.0. The zero-order valence-corrected chi connectivity index (χ0v) is 19.7. The summed E-state index contributed by atoms with van der Waals surface area (Å²) in [7, 11) is 0. The van der Waals surface area contributed by atoms with Gasteiger partial charge in [-0.25, -0.2) is 0 Å². The van der Waals surface area contributed by atoms with Crippen LogP contribution >= 0.6 is 11.6 Å². The minimum atomic E-state index is -0.303. The Labute approximate surface area is 206 Å². The summed E-state index contributed by atoms with van der Waals surface area (Å²) in [4.78, 5) is 23.6. The van der Waals surface area contributed by atoms with Crippen molar-refractivity contribution in [2.24, 2.45) is 5.92 Å². The summed E-state index contributed by atoms with van der Waals surface area (Å²) in [6, 6.07) is 2.54. The van der Waals surface area contributed by atoms with E-state index in [4.69, 9.17) is 16.3 Å². The molecule has 3 aromatic heterocycles. The third kappa shape index (κ3) is 4.66. The van der Waals surface area contributed by atoms with E-state index in [2.05, 4.69) is 36.7 Å². The summed E-state index contributed by atoms with van der Waals surface area (Å²) < 4.78 is 8.21. The Kier molecular flexibility index (Phi) is 5.53. The Morgan fingerprint density at radius 1 is 1.29 bits per heavy atom. The van der Waals surface area contributed by atoms with Crippen molar-refractivity contribution in [1.29, 1.82) is 5.26 Å². The second kappa shape index (κ2) is 8.85. The highest BCUT2D eigenvalue weighted by molar-refractivity contribution is 6.34. The number of H-pyrrole nitrogens is 1. The fraction of sp³-hybridized carbons (Fsp3) is 0.478. The average molecular weight is 494 g/mol. The second-order valence-electron chi connectivity index (χ2n) is 9.32. The van der Waals surface area contributed by atoms with Crippen LogP contribution in [0.25, 0.3) is 11.0 Å². The number of likely N-dealkylation sites (tertiary alicyclic amines) is 1. The number of fused-ring (bicyclic) bond motifs is 1. The van der Waals surface area contributed by atoms with Gasteiger partial charge in [0.15, 0.2) is 5.65 Å². The van der Waals surface area contributed by atoms with Gasteiger partial charge in [-0.15, -0.1) is 0 Å². The first kappa shape index (κ1) is 21.9. The molecular formula is C23H24ClN9O2. The zero-order valence-electron chi connectivity index (χ0n) is 18.9. The van der Waals surface area contributed by atoms with E-state index in [1.807, 2.05) is 10.9 Å². The topological polar surface area (TPSA) is 138 Å². The molecule has 11 nitrogen and oxygen atoms in total. The first-order valence-corrected chi connectivity index (χ1v) is 12.3. The van der Waals surface area contributed by atoms with Crippen LogP contribution in [0.2, 0.25) is 5.15 Å². The Morgan fingerprint density at radius 3 is 2.91 bits per heavy atom. The molecule has 3 aliphatic rings. The molecule has 3 aromatic rings. The van der Waals surface area contributed by atoms with Crippen LogP contribution < -0.4 is 10.1 Å². The van der Waals surface area contributed by atoms with Crippen LogP contribution in [0, 0.1) is 17.2 Å². The van der Waals surface area contributed by atoms with Crippen molar-refractivity contribution in [1.82, 2.24) is 34.8 Å². The number of aromatic nitrogens is 6. The number of hydrogen-bond acceptors (Lipinski definition) is 8. The Balaban J connectivity index is 1.21. The van der Waals surface area contributed by atoms with E-state index in [1.165, 1.54) is 0 Å². The smallest absolute Gasteiger partial charge is 0.264 e. The molecule has 1 aliphatic heterocycles. The number of anilines is 2. The molecular weight excluding hydrogens is 470 g/mol. The fourth-order valence-electron chi connectivity index (χ4n) is 4.27. The SMILES string of the molecule is N#C/C(=C\C1CC1)C(=O)N1CCCC(Oc2nc(Nc3cnn(C4CC4)c3)nc3n[nH]c(Cl)c23)C1. The molecule has 0 radical (unpaired) electrons. The number of carbonyl (C=O) groups is 1. The van der Waals surface area contributed by atoms with Gasteiger partial charge in [-0.05, 0) is 44.4 Å². The number of carbonyl (C=O) groups excluding carboxylic acids is 1. The molecule has 1 unspecified atom stereocenters. The Hall–Kier alpha value is -3.65. The van der Waals surface area contributed by atoms with E-state index in [9.17, 15) is 10.1 Å². The minimum absolute atomic E-state index is 0.216. The van der Waals surface area contributed by atoms with E-state index in [1.54, 1.807) is 17.2 Å². The molecule has 2 aliphatic carbocycles. The molecule has 3 fully saturated rings. The summed E-state index contributed by atoms with van der Waals surface area (Å²) in [5, 5.41) is 24.7. The van der Waals surface area contributed by atoms with Crippen molar-refractivity contribution in [3.8, 4) is 11.9 Å². The maximum atomic E-state index is 12.9. The quantitative estimate of drug-likeness (QED) is 0.376. The molecule has 12 heteroatoms. The van der Waals surface area contributed by atoms with Crippen molar-refractivity contribution < 1.29 is 9.53 Å². The number of amides is 1. The summed E-state index contributed by atoms with van der Waals surface area (Å²) >= 11 is 6.33. The lowest BCUT2D eigenvalue weighted by molar-refractivity contribution is -0.129. The summed E-state index contributed by atoms with van der Waals surface area (Å²) in [6.45, 7) is 0.951. The first-order chi connectivity index (χ1) is 17.1. The van der Waals surface area contributed by atoms with Gasteiger partial charge in [0.05, 0.1) is 24.5 Å². The number of aromatic amines is 1. The van der Waals surface area contributed by atoms with Gasteiger partial charge in [0.1, 0.15) is 28.3 Å². The predicted molar refractivity (Wildman–Crippen MR) is 127 cm³/mol. The largest absolute Gasteiger partial charge is 0.472 e. The highest BCUT2D eigenvalue weighted by Crippen LogP contribution is 2.35. The number of allylic oxidation sites excluding steroid dienone is 1. The Morgan fingerprint density at radius 2 is 2.14 bits per heavy atom. The lowest BCUT2D eigenvalue weighted by atomic mass is 10.1. The Bertz CT molecular complexity index is 1350. The van der Waals surface area contributed by atoms with Gasteiger partial charge in [0.25, 0.3) is 5.91 Å². The monoisotopic (exact) mass is 493 g/mol. The van der Waals surface area contributed by atoms with E-state index in [-0.39, 0.29) is 22.7 Å². The number of halogens is 1. The van der Waals surface area contributed by atoms with Crippen molar-refractivity contribution in [2.45, 2.75) is 50.7 Å². The van der Waals surface area contributed by atoms with Gasteiger partial charge in [-0.1, -0.05) is 17.7 Å². The molecule has 6 rings (SSSR count). The fourth-order valence-corrected chi connectivity index (χ4v) is 4.48. The maximum Gasteiger partial charge on any atom is 0.264 e. The van der Waals surface area contributed by atoms with Crippen molar-refractivity contribution >= 4 is 40.2 Å². The van der Waals surface area contributed by atoms with Gasteiger partial charge in [-0.3, -0.25) is 14.6 Å². The highest BCUT2D eigenvalue weighted by Gasteiger charge is 2.30. The average Bonchev–Trinajstić information content (AvgIpc) is 3.79. The van der Waals surface area contributed by atoms with Crippen molar-refractivity contribution in [3.05, 3.63) is 29.2 Å². The normalized spacial score (nSPS) is 20.6. The molecule has 0 spiro atoms. The number of nitriles is 1. The summed E-state index contributed by atoms with van der Waals surface area (Å²) in [5.41, 5.74) is 1.36. The number of ether oxygens (including phenoxy) is 1. The van der Waals surface area contributed by atoms with Crippen LogP contribution in [0.5, 0.6) is 5.88 Å². The van der Waals surface area contributed by atoms with Gasteiger partial charge in [0.2, 0.25) is 11.8 Å². The van der Waals surface area contributed by atoms with E-state index in [0.717, 1.165) is 44.2 Å². The third-order valence-electron chi connectivity index (χ3n) is 6.43. The van der Waals surface area contributed by atoms with Crippen LogP contribution in [-0.4, -0.2) is 59.9 Å². The standard InChI is InChI=1S/C23H24ClN9O2/c24-19-18-20(31-30-19)28-23(27-15-10-26-33(11-15)16-5-6-16)29-21(18)35-17-2-1-7-32(12-17)22(34)14(9-25)8-13-3-4-13/h8,10-11,13,16-17H,1-7,12H2,(H2,27,28,29,30,31)/b14-8+. The lowest BCUT2D eigenvalue weighted by Crippen LogP contribution is -2.45. The second-order valence-corrected chi connectivity index (χ2v) is 9.69.